The van der Waals surface area contributed by atoms with E-state index in [1.807, 2.05) is 22.8 Å². The monoisotopic (exact) mass is 520 g/mol. The molecule has 0 spiro atoms. The number of hydrogen-bond donors (Lipinski definition) is 2. The summed E-state index contributed by atoms with van der Waals surface area (Å²) in [7, 11) is 1.64. The lowest BCUT2D eigenvalue weighted by molar-refractivity contribution is -0.124. The lowest BCUT2D eigenvalue weighted by atomic mass is 10.1. The van der Waals surface area contributed by atoms with Gasteiger partial charge in [0.2, 0.25) is 11.7 Å². The highest BCUT2D eigenvalue weighted by Gasteiger charge is 2.31. The molecule has 1 saturated carbocycles. The molecule has 2 unspecified atom stereocenters. The highest BCUT2D eigenvalue weighted by molar-refractivity contribution is 6.30. The summed E-state index contributed by atoms with van der Waals surface area (Å²) in [5.74, 6) is 4.40. The number of carbonyl (C=O) groups excluding carboxylic acids is 1. The Bertz CT molecular complexity index is 1540. The number of fused-ring (bicyclic) bond motifs is 1. The fourth-order valence-electron chi connectivity index (χ4n) is 4.55. The highest BCUT2D eigenvalue weighted by atomic mass is 35.5. The molecule has 2 heterocycles. The van der Waals surface area contributed by atoms with Gasteiger partial charge in [0.25, 0.3) is 0 Å². The summed E-state index contributed by atoms with van der Waals surface area (Å²) in [5.41, 5.74) is 2.41. The van der Waals surface area contributed by atoms with Crippen molar-refractivity contribution in [2.75, 3.05) is 12.4 Å². The van der Waals surface area contributed by atoms with Gasteiger partial charge < -0.3 is 15.2 Å². The van der Waals surface area contributed by atoms with Crippen LogP contribution in [0.25, 0.3) is 11.2 Å². The number of halogens is 3. The zero-order valence-corrected chi connectivity index (χ0v) is 20.7. The predicted octanol–water partition coefficient (Wildman–Crippen LogP) is 4.86. The average molecular weight is 521 g/mol. The molecule has 4 aromatic rings. The number of nitrogens with one attached hydrogen (secondary N) is 2. The molecule has 5 rings (SSSR count). The first-order chi connectivity index (χ1) is 17.9. The van der Waals surface area contributed by atoms with E-state index in [0.717, 1.165) is 30.5 Å². The number of hydrogen-bond acceptors (Lipinski definition) is 5. The maximum absolute atomic E-state index is 13.6. The summed E-state index contributed by atoms with van der Waals surface area (Å²) in [6.07, 6.45) is 3.98. The van der Waals surface area contributed by atoms with Crippen LogP contribution in [0.4, 0.5) is 14.6 Å². The summed E-state index contributed by atoms with van der Waals surface area (Å²) >= 11 is 6.12. The van der Waals surface area contributed by atoms with Crippen molar-refractivity contribution in [1.29, 1.82) is 0 Å². The van der Waals surface area contributed by atoms with E-state index in [4.69, 9.17) is 11.6 Å². The van der Waals surface area contributed by atoms with Crippen LogP contribution in [0.15, 0.2) is 48.8 Å². The van der Waals surface area contributed by atoms with E-state index >= 15 is 0 Å². The first-order valence-electron chi connectivity index (χ1n) is 11.8. The number of nitrogens with zero attached hydrogens (tertiary/aromatic N) is 4. The Morgan fingerprint density at radius 3 is 2.78 bits per heavy atom. The van der Waals surface area contributed by atoms with Crippen LogP contribution < -0.4 is 10.6 Å². The lowest BCUT2D eigenvalue weighted by Gasteiger charge is -2.13. The summed E-state index contributed by atoms with van der Waals surface area (Å²) in [5, 5.41) is 6.65. The van der Waals surface area contributed by atoms with E-state index in [1.165, 1.54) is 6.07 Å². The van der Waals surface area contributed by atoms with E-state index < -0.39 is 11.6 Å². The quantitative estimate of drug-likeness (QED) is 0.367. The Kier molecular flexibility index (Phi) is 7.01. The van der Waals surface area contributed by atoms with Crippen molar-refractivity contribution < 1.29 is 13.6 Å². The SMILES string of the molecule is CNC(=O)C1CCC(n2cnc3c(NCc4cccc(Cl)c4)nc(C#Cc4ccc(F)c(F)c4)nc32)C1. The van der Waals surface area contributed by atoms with Crippen molar-refractivity contribution in [3.05, 3.63) is 82.4 Å². The summed E-state index contributed by atoms with van der Waals surface area (Å²) in [6.45, 7) is 0.442. The number of amides is 1. The fourth-order valence-corrected chi connectivity index (χ4v) is 4.76. The molecule has 1 fully saturated rings. The molecule has 2 N–H and O–H groups in total. The van der Waals surface area contributed by atoms with Crippen molar-refractivity contribution in [2.24, 2.45) is 5.92 Å². The first kappa shape index (κ1) is 24.7. The third-order valence-electron chi connectivity index (χ3n) is 6.42. The van der Waals surface area contributed by atoms with Crippen LogP contribution in [-0.2, 0) is 11.3 Å². The summed E-state index contributed by atoms with van der Waals surface area (Å²) < 4.78 is 28.9. The number of rotatable bonds is 5. The third-order valence-corrected chi connectivity index (χ3v) is 6.66. The molecular weight excluding hydrogens is 498 g/mol. The highest BCUT2D eigenvalue weighted by Crippen LogP contribution is 2.36. The van der Waals surface area contributed by atoms with Gasteiger partial charge in [0.05, 0.1) is 6.33 Å². The standard InChI is InChI=1S/C27H23ClF2N6O/c1-31-27(37)18-7-8-20(13-18)36-15-33-24-25(32-14-17-3-2-4-19(28)11-17)34-23(35-26(24)36)10-6-16-5-9-21(29)22(30)12-16/h2-5,9,11-12,15,18,20H,7-8,13-14H2,1H3,(H,31,37)(H,32,34,35). The van der Waals surface area contributed by atoms with Crippen molar-refractivity contribution in [1.82, 2.24) is 24.8 Å². The van der Waals surface area contributed by atoms with Crippen LogP contribution in [0.1, 0.15) is 42.3 Å². The molecule has 2 aromatic carbocycles. The molecule has 0 bridgehead atoms. The van der Waals surface area contributed by atoms with Gasteiger partial charge in [-0.3, -0.25) is 4.79 Å². The zero-order chi connectivity index (χ0) is 25.9. The van der Waals surface area contributed by atoms with Crippen LogP contribution in [-0.4, -0.2) is 32.5 Å². The van der Waals surface area contributed by atoms with Gasteiger partial charge in [-0.15, -0.1) is 0 Å². The van der Waals surface area contributed by atoms with E-state index in [-0.39, 0.29) is 23.7 Å². The smallest absolute Gasteiger partial charge is 0.222 e. The second-order valence-corrected chi connectivity index (χ2v) is 9.30. The summed E-state index contributed by atoms with van der Waals surface area (Å²) in [6, 6.07) is 11.0. The topological polar surface area (TPSA) is 84.7 Å². The minimum absolute atomic E-state index is 0.0310. The molecule has 0 saturated heterocycles. The van der Waals surface area contributed by atoms with E-state index in [2.05, 4.69) is 37.4 Å². The maximum atomic E-state index is 13.6. The van der Waals surface area contributed by atoms with Gasteiger partial charge in [0.15, 0.2) is 28.6 Å². The second kappa shape index (κ2) is 10.5. The largest absolute Gasteiger partial charge is 0.364 e. The number of carbonyl (C=O) groups is 1. The minimum atomic E-state index is -0.975. The Balaban J connectivity index is 1.51. The molecule has 2 aromatic heterocycles. The molecule has 1 aliphatic rings. The molecule has 1 aliphatic carbocycles. The molecule has 2 atom stereocenters. The molecule has 37 heavy (non-hydrogen) atoms. The Morgan fingerprint density at radius 1 is 1.14 bits per heavy atom. The normalized spacial score (nSPS) is 16.9. The Labute approximate surface area is 217 Å². The molecular formula is C27H23ClF2N6O. The van der Waals surface area contributed by atoms with Crippen LogP contribution in [0.5, 0.6) is 0 Å². The number of anilines is 1. The molecule has 188 valence electrons. The van der Waals surface area contributed by atoms with Crippen molar-refractivity contribution in [3.63, 3.8) is 0 Å². The van der Waals surface area contributed by atoms with Gasteiger partial charge in [-0.05, 0) is 61.1 Å². The van der Waals surface area contributed by atoms with Crippen molar-refractivity contribution in [2.45, 2.75) is 31.8 Å². The van der Waals surface area contributed by atoms with Gasteiger partial charge in [-0.2, -0.15) is 0 Å². The molecule has 0 aliphatic heterocycles. The zero-order valence-electron chi connectivity index (χ0n) is 19.9. The third kappa shape index (κ3) is 5.39. The molecule has 1 amide bonds. The van der Waals surface area contributed by atoms with Crippen LogP contribution in [0.3, 0.4) is 0 Å². The number of aromatic nitrogens is 4. The Hall–Kier alpha value is -4.03. The predicted molar refractivity (Wildman–Crippen MR) is 137 cm³/mol. The fraction of sp³-hybridized carbons (Fsp3) is 0.259. The lowest BCUT2D eigenvalue weighted by Crippen LogP contribution is -2.25. The summed E-state index contributed by atoms with van der Waals surface area (Å²) in [4.78, 5) is 25.9. The van der Waals surface area contributed by atoms with Gasteiger partial charge >= 0.3 is 0 Å². The van der Waals surface area contributed by atoms with Crippen LogP contribution in [0.2, 0.25) is 5.02 Å². The van der Waals surface area contributed by atoms with E-state index in [9.17, 15) is 13.6 Å². The van der Waals surface area contributed by atoms with Gasteiger partial charge in [0.1, 0.15) is 0 Å². The van der Waals surface area contributed by atoms with Gasteiger partial charge in [-0.25, -0.2) is 23.7 Å². The van der Waals surface area contributed by atoms with Crippen LogP contribution in [0, 0.1) is 29.4 Å². The second-order valence-electron chi connectivity index (χ2n) is 8.86. The van der Waals surface area contributed by atoms with Crippen LogP contribution >= 0.6 is 11.6 Å². The first-order valence-corrected chi connectivity index (χ1v) is 12.2. The molecule has 7 nitrogen and oxygen atoms in total. The molecule has 10 heteroatoms. The van der Waals surface area contributed by atoms with E-state index in [0.29, 0.717) is 40.5 Å². The maximum Gasteiger partial charge on any atom is 0.222 e. The number of imidazole rings is 1. The van der Waals surface area contributed by atoms with Gasteiger partial charge in [0, 0.05) is 36.1 Å². The van der Waals surface area contributed by atoms with Crippen molar-refractivity contribution in [3.8, 4) is 11.8 Å². The minimum Gasteiger partial charge on any atom is -0.364 e. The van der Waals surface area contributed by atoms with Crippen molar-refractivity contribution >= 4 is 34.5 Å². The average Bonchev–Trinajstić information content (AvgIpc) is 3.55. The Morgan fingerprint density at radius 2 is 2.00 bits per heavy atom. The number of benzene rings is 2. The van der Waals surface area contributed by atoms with Gasteiger partial charge in [-0.1, -0.05) is 29.7 Å². The van der Waals surface area contributed by atoms with E-state index in [1.54, 1.807) is 19.4 Å². The molecule has 0 radical (unpaired) electrons.